The summed E-state index contributed by atoms with van der Waals surface area (Å²) in [4.78, 5) is 25.4. The SMILES string of the molecule is CC(NC(=O)C(C)(C)N1C(C)CCCC1C)C(=O)O. The first-order valence-corrected chi connectivity index (χ1v) is 7.00. The zero-order valence-corrected chi connectivity index (χ0v) is 12.6. The zero-order valence-electron chi connectivity index (χ0n) is 12.6. The molecule has 0 radical (unpaired) electrons. The van der Waals surface area contributed by atoms with Crippen molar-refractivity contribution in [1.29, 1.82) is 0 Å². The van der Waals surface area contributed by atoms with Gasteiger partial charge in [-0.15, -0.1) is 0 Å². The standard InChI is InChI=1S/C14H26N2O3/c1-9-7-6-8-10(2)16(9)14(4,5)13(19)15-11(3)12(17)18/h9-11H,6-8H2,1-5H3,(H,15,19)(H,17,18). The van der Waals surface area contributed by atoms with Crippen LogP contribution < -0.4 is 5.32 Å². The molecule has 1 amide bonds. The summed E-state index contributed by atoms with van der Waals surface area (Å²) in [5.41, 5.74) is -0.692. The molecule has 3 unspecified atom stereocenters. The van der Waals surface area contributed by atoms with E-state index in [1.165, 1.54) is 13.3 Å². The summed E-state index contributed by atoms with van der Waals surface area (Å²) in [6.45, 7) is 9.49. The number of carbonyl (C=O) groups excluding carboxylic acids is 1. The summed E-state index contributed by atoms with van der Waals surface area (Å²) in [5.74, 6) is -1.23. The number of nitrogens with zero attached hydrogens (tertiary/aromatic N) is 1. The third-order valence-electron chi connectivity index (χ3n) is 4.11. The average Bonchev–Trinajstić information content (AvgIpc) is 2.27. The highest BCUT2D eigenvalue weighted by Gasteiger charge is 2.42. The lowest BCUT2D eigenvalue weighted by Gasteiger charge is -2.48. The molecular formula is C14H26N2O3. The van der Waals surface area contributed by atoms with Crippen LogP contribution in [0.5, 0.6) is 0 Å². The van der Waals surface area contributed by atoms with E-state index in [-0.39, 0.29) is 5.91 Å². The molecular weight excluding hydrogens is 244 g/mol. The molecule has 110 valence electrons. The first kappa shape index (κ1) is 16.0. The predicted octanol–water partition coefficient (Wildman–Crippen LogP) is 1.62. The minimum atomic E-state index is -1.01. The number of aliphatic carboxylic acids is 1. The normalized spacial score (nSPS) is 26.8. The monoisotopic (exact) mass is 270 g/mol. The van der Waals surface area contributed by atoms with Crippen molar-refractivity contribution in [2.45, 2.75) is 77.5 Å². The molecule has 1 aliphatic heterocycles. The molecule has 19 heavy (non-hydrogen) atoms. The highest BCUT2D eigenvalue weighted by molar-refractivity contribution is 5.89. The molecule has 1 rings (SSSR count). The lowest BCUT2D eigenvalue weighted by Crippen LogP contribution is -2.63. The quantitative estimate of drug-likeness (QED) is 0.814. The lowest BCUT2D eigenvalue weighted by molar-refractivity contribution is -0.145. The van der Waals surface area contributed by atoms with Crippen LogP contribution >= 0.6 is 0 Å². The first-order valence-electron chi connectivity index (χ1n) is 7.00. The maximum atomic E-state index is 12.4. The molecule has 1 fully saturated rings. The second-order valence-electron chi connectivity index (χ2n) is 6.13. The number of carboxylic acid groups (broad SMARTS) is 1. The molecule has 0 bridgehead atoms. The van der Waals surface area contributed by atoms with E-state index in [1.54, 1.807) is 0 Å². The van der Waals surface area contributed by atoms with Crippen molar-refractivity contribution >= 4 is 11.9 Å². The van der Waals surface area contributed by atoms with Gasteiger partial charge in [0, 0.05) is 12.1 Å². The first-order chi connectivity index (χ1) is 8.67. The molecule has 0 aliphatic carbocycles. The molecule has 1 heterocycles. The Labute approximate surface area is 115 Å². The number of hydrogen-bond acceptors (Lipinski definition) is 3. The number of carboxylic acids is 1. The Morgan fingerprint density at radius 2 is 1.74 bits per heavy atom. The van der Waals surface area contributed by atoms with Crippen LogP contribution in [0.3, 0.4) is 0 Å². The van der Waals surface area contributed by atoms with Crippen LogP contribution in [-0.2, 0) is 9.59 Å². The smallest absolute Gasteiger partial charge is 0.325 e. The Balaban J connectivity index is 2.83. The van der Waals surface area contributed by atoms with Crippen LogP contribution in [0, 0.1) is 0 Å². The predicted molar refractivity (Wildman–Crippen MR) is 73.9 cm³/mol. The van der Waals surface area contributed by atoms with Crippen molar-refractivity contribution in [2.75, 3.05) is 0 Å². The van der Waals surface area contributed by atoms with Crippen LogP contribution in [0.25, 0.3) is 0 Å². The van der Waals surface area contributed by atoms with Crippen molar-refractivity contribution in [1.82, 2.24) is 10.2 Å². The Kier molecular flexibility index (Phi) is 4.96. The maximum Gasteiger partial charge on any atom is 0.325 e. The molecule has 5 nitrogen and oxygen atoms in total. The third-order valence-corrected chi connectivity index (χ3v) is 4.11. The van der Waals surface area contributed by atoms with E-state index in [0.29, 0.717) is 12.1 Å². The van der Waals surface area contributed by atoms with E-state index in [9.17, 15) is 9.59 Å². The van der Waals surface area contributed by atoms with Gasteiger partial charge in [-0.2, -0.15) is 0 Å². The Bertz CT molecular complexity index is 345. The fourth-order valence-corrected chi connectivity index (χ4v) is 3.08. The van der Waals surface area contributed by atoms with Gasteiger partial charge >= 0.3 is 5.97 Å². The van der Waals surface area contributed by atoms with Crippen LogP contribution in [0.2, 0.25) is 0 Å². The average molecular weight is 270 g/mol. The lowest BCUT2D eigenvalue weighted by atomic mass is 9.89. The van der Waals surface area contributed by atoms with Crippen LogP contribution in [0.4, 0.5) is 0 Å². The molecule has 5 heteroatoms. The second kappa shape index (κ2) is 5.90. The number of rotatable bonds is 4. The number of carbonyl (C=O) groups is 2. The summed E-state index contributed by atoms with van der Waals surface area (Å²) in [5, 5.41) is 11.5. The highest BCUT2D eigenvalue weighted by atomic mass is 16.4. The van der Waals surface area contributed by atoms with Gasteiger partial charge in [0.1, 0.15) is 6.04 Å². The minimum Gasteiger partial charge on any atom is -0.480 e. The maximum absolute atomic E-state index is 12.4. The van der Waals surface area contributed by atoms with Crippen LogP contribution in [-0.4, -0.2) is 45.5 Å². The van der Waals surface area contributed by atoms with E-state index in [1.807, 2.05) is 13.8 Å². The highest BCUT2D eigenvalue weighted by Crippen LogP contribution is 2.30. The molecule has 3 atom stereocenters. The summed E-state index contributed by atoms with van der Waals surface area (Å²) in [6.07, 6.45) is 3.34. The zero-order chi connectivity index (χ0) is 14.8. The molecule has 2 N–H and O–H groups in total. The van der Waals surface area contributed by atoms with Gasteiger partial charge in [-0.1, -0.05) is 6.42 Å². The van der Waals surface area contributed by atoms with Crippen molar-refractivity contribution in [3.05, 3.63) is 0 Å². The number of hydrogen-bond donors (Lipinski definition) is 2. The fraction of sp³-hybridized carbons (Fsp3) is 0.857. The van der Waals surface area contributed by atoms with Gasteiger partial charge < -0.3 is 10.4 Å². The molecule has 1 saturated heterocycles. The molecule has 0 aromatic carbocycles. The molecule has 0 aromatic rings. The summed E-state index contributed by atoms with van der Waals surface area (Å²) >= 11 is 0. The van der Waals surface area contributed by atoms with Gasteiger partial charge in [-0.25, -0.2) is 0 Å². The van der Waals surface area contributed by atoms with E-state index in [0.717, 1.165) is 12.8 Å². The van der Waals surface area contributed by atoms with E-state index < -0.39 is 17.6 Å². The third kappa shape index (κ3) is 3.47. The Morgan fingerprint density at radius 3 is 2.16 bits per heavy atom. The summed E-state index contributed by atoms with van der Waals surface area (Å²) in [6, 6.07) is -0.184. The van der Waals surface area contributed by atoms with Gasteiger partial charge in [0.2, 0.25) is 5.91 Å². The van der Waals surface area contributed by atoms with Gasteiger partial charge in [-0.05, 0) is 47.5 Å². The van der Waals surface area contributed by atoms with E-state index in [2.05, 4.69) is 24.1 Å². The fourth-order valence-electron chi connectivity index (χ4n) is 3.08. The molecule has 0 saturated carbocycles. The van der Waals surface area contributed by atoms with Crippen molar-refractivity contribution in [2.24, 2.45) is 0 Å². The second-order valence-corrected chi connectivity index (χ2v) is 6.13. The van der Waals surface area contributed by atoms with Gasteiger partial charge in [0.15, 0.2) is 0 Å². The number of likely N-dealkylation sites (tertiary alicyclic amines) is 1. The number of amides is 1. The van der Waals surface area contributed by atoms with Crippen molar-refractivity contribution < 1.29 is 14.7 Å². The van der Waals surface area contributed by atoms with E-state index >= 15 is 0 Å². The van der Waals surface area contributed by atoms with Crippen LogP contribution in [0.1, 0.15) is 53.9 Å². The summed E-state index contributed by atoms with van der Waals surface area (Å²) < 4.78 is 0. The topological polar surface area (TPSA) is 69.6 Å². The van der Waals surface area contributed by atoms with Gasteiger partial charge in [-0.3, -0.25) is 14.5 Å². The number of piperidine rings is 1. The van der Waals surface area contributed by atoms with Crippen molar-refractivity contribution in [3.63, 3.8) is 0 Å². The van der Waals surface area contributed by atoms with Crippen LogP contribution in [0.15, 0.2) is 0 Å². The molecule has 1 aliphatic rings. The Hall–Kier alpha value is -1.10. The molecule has 0 aromatic heterocycles. The molecule has 0 spiro atoms. The largest absolute Gasteiger partial charge is 0.480 e. The number of nitrogens with one attached hydrogen (secondary N) is 1. The summed E-state index contributed by atoms with van der Waals surface area (Å²) in [7, 11) is 0. The van der Waals surface area contributed by atoms with Gasteiger partial charge in [0.05, 0.1) is 5.54 Å². The minimum absolute atomic E-state index is 0.219. The Morgan fingerprint density at radius 1 is 1.26 bits per heavy atom. The van der Waals surface area contributed by atoms with E-state index in [4.69, 9.17) is 5.11 Å². The van der Waals surface area contributed by atoms with Crippen molar-refractivity contribution in [3.8, 4) is 0 Å². The van der Waals surface area contributed by atoms with Gasteiger partial charge in [0.25, 0.3) is 0 Å².